The number of para-hydroxylation sites is 2. The molecule has 8 heteroatoms. The van der Waals surface area contributed by atoms with Crippen LogP contribution in [0.4, 0.5) is 0 Å². The van der Waals surface area contributed by atoms with Crippen molar-refractivity contribution in [2.24, 2.45) is 7.05 Å². The third kappa shape index (κ3) is 5.27. The Balaban J connectivity index is 1.56. The number of hydrogen-bond donors (Lipinski definition) is 2. The number of aromatic nitrogens is 2. The second kappa shape index (κ2) is 11.1. The van der Waals surface area contributed by atoms with Crippen LogP contribution in [-0.4, -0.2) is 40.3 Å². The summed E-state index contributed by atoms with van der Waals surface area (Å²) in [5, 5.41) is 13.6. The Morgan fingerprint density at radius 2 is 1.67 bits per heavy atom. The number of aryl methyl sites for hydroxylation is 1. The molecule has 0 bridgehead atoms. The van der Waals surface area contributed by atoms with E-state index in [-0.39, 0.29) is 17.7 Å². The average Bonchev–Trinajstić information content (AvgIpc) is 3.29. The molecule has 1 amide bonds. The van der Waals surface area contributed by atoms with Gasteiger partial charge in [0.05, 0.1) is 29.2 Å². The fourth-order valence-corrected chi connectivity index (χ4v) is 4.90. The smallest absolute Gasteiger partial charge is 0.336 e. The third-order valence-corrected chi connectivity index (χ3v) is 6.89. The summed E-state index contributed by atoms with van der Waals surface area (Å²) < 4.78 is 7.26. The van der Waals surface area contributed by atoms with Crippen molar-refractivity contribution in [3.63, 3.8) is 0 Å². The number of rotatable bonds is 8. The van der Waals surface area contributed by atoms with Gasteiger partial charge in [-0.3, -0.25) is 4.79 Å². The number of hydrogen-bond acceptors (Lipinski definition) is 4. The van der Waals surface area contributed by atoms with Crippen molar-refractivity contribution < 1.29 is 19.4 Å². The van der Waals surface area contributed by atoms with E-state index in [0.29, 0.717) is 22.0 Å². The number of aromatic carboxylic acids is 1. The molecular formula is C31H26ClN3O4. The standard InChI is InChI=1S/C31H26ClN3O4/c1-35-28-11-7-6-10-26(28)33-29(35)23-15-13-21(32)17-24(23)22-14-12-20(16-25(22)31(37)38)30(36)34-27(18-39-2)19-8-4-3-5-9-19/h3-17,27H,18H2,1-2H3,(H,34,36)(H,37,38). The zero-order chi connectivity index (χ0) is 27.5. The van der Waals surface area contributed by atoms with Gasteiger partial charge in [-0.25, -0.2) is 9.78 Å². The molecule has 39 heavy (non-hydrogen) atoms. The number of imidazole rings is 1. The van der Waals surface area contributed by atoms with Gasteiger partial charge in [0.15, 0.2) is 0 Å². The van der Waals surface area contributed by atoms with Crippen molar-refractivity contribution in [3.8, 4) is 22.5 Å². The molecule has 0 radical (unpaired) electrons. The van der Waals surface area contributed by atoms with Crippen molar-refractivity contribution in [2.75, 3.05) is 13.7 Å². The second-order valence-corrected chi connectivity index (χ2v) is 9.57. The van der Waals surface area contributed by atoms with E-state index in [1.807, 2.05) is 72.3 Å². The fourth-order valence-electron chi connectivity index (χ4n) is 4.73. The summed E-state index contributed by atoms with van der Waals surface area (Å²) >= 11 is 6.38. The number of carbonyl (C=O) groups excluding carboxylic acids is 1. The number of ether oxygens (including phenoxy) is 1. The Labute approximate surface area is 230 Å². The van der Waals surface area contributed by atoms with E-state index in [1.165, 1.54) is 6.07 Å². The molecule has 1 unspecified atom stereocenters. The summed E-state index contributed by atoms with van der Waals surface area (Å²) in [5.41, 5.74) is 4.61. The predicted octanol–water partition coefficient (Wildman–Crippen LogP) is 6.38. The number of nitrogens with one attached hydrogen (secondary N) is 1. The minimum absolute atomic E-state index is 0.0204. The van der Waals surface area contributed by atoms with Crippen LogP contribution < -0.4 is 5.32 Å². The molecule has 196 valence electrons. The van der Waals surface area contributed by atoms with Gasteiger partial charge >= 0.3 is 5.97 Å². The quantitative estimate of drug-likeness (QED) is 0.239. The number of fused-ring (bicyclic) bond motifs is 1. The monoisotopic (exact) mass is 539 g/mol. The van der Waals surface area contributed by atoms with Crippen LogP contribution in [0.3, 0.4) is 0 Å². The molecule has 5 rings (SSSR count). The van der Waals surface area contributed by atoms with E-state index >= 15 is 0 Å². The highest BCUT2D eigenvalue weighted by molar-refractivity contribution is 6.31. The van der Waals surface area contributed by atoms with Crippen LogP contribution in [0.25, 0.3) is 33.5 Å². The largest absolute Gasteiger partial charge is 0.478 e. The van der Waals surface area contributed by atoms with Crippen molar-refractivity contribution >= 4 is 34.5 Å². The van der Waals surface area contributed by atoms with E-state index in [4.69, 9.17) is 21.3 Å². The van der Waals surface area contributed by atoms with E-state index < -0.39 is 17.9 Å². The van der Waals surface area contributed by atoms with Crippen molar-refractivity contribution in [1.82, 2.24) is 14.9 Å². The third-order valence-electron chi connectivity index (χ3n) is 6.65. The number of carboxylic acids is 1. The lowest BCUT2D eigenvalue weighted by molar-refractivity contribution is 0.0697. The zero-order valence-electron chi connectivity index (χ0n) is 21.4. The van der Waals surface area contributed by atoms with E-state index in [1.54, 1.807) is 31.4 Å². The summed E-state index contributed by atoms with van der Waals surface area (Å²) in [4.78, 5) is 30.5. The van der Waals surface area contributed by atoms with Crippen LogP contribution in [0.5, 0.6) is 0 Å². The average molecular weight is 540 g/mol. The lowest BCUT2D eigenvalue weighted by atomic mass is 9.93. The van der Waals surface area contributed by atoms with Crippen LogP contribution in [0.2, 0.25) is 5.02 Å². The SMILES string of the molecule is COCC(NC(=O)c1ccc(-c2cc(Cl)ccc2-c2nc3ccccc3n2C)c(C(=O)O)c1)c1ccccc1. The number of halogens is 1. The molecule has 0 aliphatic carbocycles. The Morgan fingerprint density at radius 1 is 0.949 bits per heavy atom. The summed E-state index contributed by atoms with van der Waals surface area (Å²) in [6.07, 6.45) is 0. The number of carbonyl (C=O) groups is 2. The molecule has 1 atom stereocenters. The molecule has 0 saturated carbocycles. The highest BCUT2D eigenvalue weighted by atomic mass is 35.5. The lowest BCUT2D eigenvalue weighted by Gasteiger charge is -2.19. The minimum atomic E-state index is -1.16. The van der Waals surface area contributed by atoms with E-state index in [0.717, 1.165) is 22.2 Å². The predicted molar refractivity (Wildman–Crippen MR) is 152 cm³/mol. The maximum absolute atomic E-state index is 13.2. The molecule has 0 aliphatic rings. The Morgan fingerprint density at radius 3 is 2.38 bits per heavy atom. The maximum Gasteiger partial charge on any atom is 0.336 e. The van der Waals surface area contributed by atoms with E-state index in [9.17, 15) is 14.7 Å². The van der Waals surface area contributed by atoms with Crippen LogP contribution in [0.15, 0.2) is 91.0 Å². The van der Waals surface area contributed by atoms with Gasteiger partial charge in [0.2, 0.25) is 0 Å². The number of carboxylic acid groups (broad SMARTS) is 1. The summed E-state index contributed by atoms with van der Waals surface area (Å²) in [7, 11) is 3.48. The highest BCUT2D eigenvalue weighted by Gasteiger charge is 2.22. The molecule has 7 nitrogen and oxygen atoms in total. The molecule has 1 heterocycles. The molecular weight excluding hydrogens is 514 g/mol. The molecule has 2 N–H and O–H groups in total. The second-order valence-electron chi connectivity index (χ2n) is 9.13. The zero-order valence-corrected chi connectivity index (χ0v) is 22.1. The van der Waals surface area contributed by atoms with Crippen LogP contribution in [-0.2, 0) is 11.8 Å². The number of amides is 1. The van der Waals surface area contributed by atoms with Gasteiger partial charge in [-0.2, -0.15) is 0 Å². The van der Waals surface area contributed by atoms with Crippen LogP contribution in [0, 0.1) is 0 Å². The summed E-state index contributed by atoms with van der Waals surface area (Å²) in [6, 6.07) is 26.8. The van der Waals surface area contributed by atoms with Crippen molar-refractivity contribution in [1.29, 1.82) is 0 Å². The Kier molecular flexibility index (Phi) is 7.45. The van der Waals surface area contributed by atoms with Crippen molar-refractivity contribution in [3.05, 3.63) is 113 Å². The van der Waals surface area contributed by atoms with Gasteiger partial charge in [-0.1, -0.05) is 60.1 Å². The molecule has 0 spiro atoms. The minimum Gasteiger partial charge on any atom is -0.478 e. The topological polar surface area (TPSA) is 93.5 Å². The summed E-state index contributed by atoms with van der Waals surface area (Å²) in [5.74, 6) is -0.894. The molecule has 0 aliphatic heterocycles. The van der Waals surface area contributed by atoms with Gasteiger partial charge in [-0.15, -0.1) is 0 Å². The van der Waals surface area contributed by atoms with Crippen LogP contribution in [0.1, 0.15) is 32.3 Å². The first kappa shape index (κ1) is 26.2. The van der Waals surface area contributed by atoms with Gasteiger partial charge in [0, 0.05) is 30.3 Å². The van der Waals surface area contributed by atoms with Gasteiger partial charge in [-0.05, 0) is 59.2 Å². The molecule has 0 saturated heterocycles. The first-order chi connectivity index (χ1) is 18.9. The number of methoxy groups -OCH3 is 1. The number of benzene rings is 4. The van der Waals surface area contributed by atoms with E-state index in [2.05, 4.69) is 5.32 Å². The first-order valence-electron chi connectivity index (χ1n) is 12.3. The molecule has 1 aromatic heterocycles. The first-order valence-corrected chi connectivity index (χ1v) is 12.7. The van der Waals surface area contributed by atoms with Crippen LogP contribution >= 0.6 is 11.6 Å². The fraction of sp³-hybridized carbons (Fsp3) is 0.129. The van der Waals surface area contributed by atoms with Crippen molar-refractivity contribution in [2.45, 2.75) is 6.04 Å². The lowest BCUT2D eigenvalue weighted by Crippen LogP contribution is -2.31. The molecule has 5 aromatic rings. The van der Waals surface area contributed by atoms with Gasteiger partial charge in [0.25, 0.3) is 5.91 Å². The molecule has 4 aromatic carbocycles. The number of nitrogens with zero attached hydrogens (tertiary/aromatic N) is 2. The highest BCUT2D eigenvalue weighted by Crippen LogP contribution is 2.37. The van der Waals surface area contributed by atoms with Gasteiger partial charge in [0.1, 0.15) is 5.82 Å². The summed E-state index contributed by atoms with van der Waals surface area (Å²) in [6.45, 7) is 0.267. The Bertz CT molecular complexity index is 1680. The molecule has 0 fully saturated rings. The Hall–Kier alpha value is -4.46. The normalized spacial score (nSPS) is 11.9. The maximum atomic E-state index is 13.2. The van der Waals surface area contributed by atoms with Gasteiger partial charge < -0.3 is 19.7 Å².